The quantitative estimate of drug-likeness (QED) is 0.758. The van der Waals surface area contributed by atoms with E-state index in [1.165, 1.54) is 23.3 Å². The minimum Gasteiger partial charge on any atom is -0.222 e. The van der Waals surface area contributed by atoms with Gasteiger partial charge >= 0.3 is 0 Å². The van der Waals surface area contributed by atoms with Crippen LogP contribution in [-0.4, -0.2) is 9.97 Å². The van der Waals surface area contributed by atoms with Gasteiger partial charge < -0.3 is 0 Å². The van der Waals surface area contributed by atoms with Crippen LogP contribution in [-0.2, 0) is 6.42 Å². The Morgan fingerprint density at radius 3 is 2.75 bits per heavy atom. The summed E-state index contributed by atoms with van der Waals surface area (Å²) in [5.74, 6) is 1.72. The number of hydrogen-bond donors (Lipinski definition) is 0. The highest BCUT2D eigenvalue weighted by Crippen LogP contribution is 2.35. The number of halogens is 1. The Labute approximate surface area is 104 Å². The molecule has 2 aromatic heterocycles. The number of nitrogens with zero attached hydrogens (tertiary/aromatic N) is 2. The third kappa shape index (κ3) is 1.72. The highest BCUT2D eigenvalue weighted by Gasteiger charge is 2.23. The molecule has 3 rings (SSSR count). The summed E-state index contributed by atoms with van der Waals surface area (Å²) in [5, 5.41) is 1.67. The predicted octanol–water partition coefficient (Wildman–Crippen LogP) is 3.91. The van der Waals surface area contributed by atoms with Crippen molar-refractivity contribution in [2.24, 2.45) is 5.92 Å². The van der Waals surface area contributed by atoms with Gasteiger partial charge in [0.2, 0.25) is 0 Å². The van der Waals surface area contributed by atoms with Crippen LogP contribution in [0.25, 0.3) is 10.2 Å². The van der Waals surface area contributed by atoms with E-state index in [0.29, 0.717) is 5.15 Å². The van der Waals surface area contributed by atoms with E-state index in [4.69, 9.17) is 11.6 Å². The topological polar surface area (TPSA) is 25.8 Å². The maximum atomic E-state index is 6.24. The maximum absolute atomic E-state index is 6.24. The van der Waals surface area contributed by atoms with Crippen LogP contribution in [0.2, 0.25) is 5.15 Å². The third-order valence-corrected chi connectivity index (χ3v) is 4.57. The summed E-state index contributed by atoms with van der Waals surface area (Å²) in [4.78, 5) is 11.4. The monoisotopic (exact) mass is 252 g/mol. The Balaban J connectivity index is 2.13. The molecule has 1 aliphatic rings. The van der Waals surface area contributed by atoms with Gasteiger partial charge in [-0.25, -0.2) is 9.97 Å². The van der Waals surface area contributed by atoms with Crippen molar-refractivity contribution in [1.82, 2.24) is 9.97 Å². The van der Waals surface area contributed by atoms with Gasteiger partial charge in [0.1, 0.15) is 15.8 Å². The Kier molecular flexibility index (Phi) is 2.41. The van der Waals surface area contributed by atoms with E-state index in [2.05, 4.69) is 23.8 Å². The maximum Gasteiger partial charge on any atom is 0.141 e. The number of aromatic nitrogens is 2. The highest BCUT2D eigenvalue weighted by atomic mass is 35.5. The summed E-state index contributed by atoms with van der Waals surface area (Å²) in [6.45, 7) is 4.20. The number of hydrogen-bond acceptors (Lipinski definition) is 3. The van der Waals surface area contributed by atoms with Crippen LogP contribution in [0.5, 0.6) is 0 Å². The zero-order valence-electron chi connectivity index (χ0n) is 9.38. The van der Waals surface area contributed by atoms with Gasteiger partial charge in [0.15, 0.2) is 0 Å². The average molecular weight is 253 g/mol. The molecule has 1 saturated carbocycles. The summed E-state index contributed by atoms with van der Waals surface area (Å²) in [6.07, 6.45) is 3.63. The SMILES string of the molecule is Cc1sc2nc(CC3CC3)nc(Cl)c2c1C. The molecule has 0 aliphatic heterocycles. The van der Waals surface area contributed by atoms with Crippen molar-refractivity contribution in [2.75, 3.05) is 0 Å². The van der Waals surface area contributed by atoms with Gasteiger partial charge in [-0.2, -0.15) is 0 Å². The van der Waals surface area contributed by atoms with Crippen molar-refractivity contribution < 1.29 is 0 Å². The molecule has 2 nitrogen and oxygen atoms in total. The van der Waals surface area contributed by atoms with Crippen LogP contribution in [0.4, 0.5) is 0 Å². The van der Waals surface area contributed by atoms with Crippen LogP contribution in [0.1, 0.15) is 29.1 Å². The molecular formula is C12H13ClN2S. The van der Waals surface area contributed by atoms with Gasteiger partial charge in [-0.05, 0) is 38.2 Å². The molecule has 0 N–H and O–H groups in total. The summed E-state index contributed by atoms with van der Waals surface area (Å²) in [7, 11) is 0. The number of fused-ring (bicyclic) bond motifs is 1. The largest absolute Gasteiger partial charge is 0.222 e. The Hall–Kier alpha value is -0.670. The van der Waals surface area contributed by atoms with Gasteiger partial charge in [0.25, 0.3) is 0 Å². The van der Waals surface area contributed by atoms with Crippen LogP contribution < -0.4 is 0 Å². The molecule has 2 heterocycles. The first-order valence-corrected chi connectivity index (χ1v) is 6.76. The normalized spacial score (nSPS) is 15.9. The summed E-state index contributed by atoms with van der Waals surface area (Å²) >= 11 is 7.96. The molecule has 84 valence electrons. The Bertz CT molecular complexity index is 558. The lowest BCUT2D eigenvalue weighted by Crippen LogP contribution is -1.96. The molecule has 0 atom stereocenters. The van der Waals surface area contributed by atoms with Crippen LogP contribution in [0.3, 0.4) is 0 Å². The fraction of sp³-hybridized carbons (Fsp3) is 0.500. The lowest BCUT2D eigenvalue weighted by atomic mass is 10.2. The first-order chi connectivity index (χ1) is 7.65. The molecule has 2 aromatic rings. The van der Waals surface area contributed by atoms with Gasteiger partial charge in [-0.1, -0.05) is 11.6 Å². The smallest absolute Gasteiger partial charge is 0.141 e. The molecule has 0 bridgehead atoms. The van der Waals surface area contributed by atoms with Crippen molar-refractivity contribution in [3.05, 3.63) is 21.4 Å². The summed E-state index contributed by atoms with van der Waals surface area (Å²) in [5.41, 5.74) is 1.22. The number of rotatable bonds is 2. The van der Waals surface area contributed by atoms with Gasteiger partial charge in [0.05, 0.1) is 5.39 Å². The molecule has 0 saturated heterocycles. The predicted molar refractivity (Wildman–Crippen MR) is 68.3 cm³/mol. The minimum absolute atomic E-state index is 0.627. The number of aryl methyl sites for hydroxylation is 2. The standard InChI is InChI=1S/C12H13ClN2S/c1-6-7(2)16-12-10(6)11(13)14-9(15-12)5-8-3-4-8/h8H,3-5H2,1-2H3. The zero-order valence-corrected chi connectivity index (χ0v) is 11.0. The number of thiophene rings is 1. The molecule has 0 amide bonds. The highest BCUT2D eigenvalue weighted by molar-refractivity contribution is 7.18. The van der Waals surface area contributed by atoms with Crippen LogP contribution in [0.15, 0.2) is 0 Å². The summed E-state index contributed by atoms with van der Waals surface area (Å²) in [6, 6.07) is 0. The van der Waals surface area contributed by atoms with Gasteiger partial charge in [0, 0.05) is 11.3 Å². The first-order valence-electron chi connectivity index (χ1n) is 5.57. The molecule has 1 aliphatic carbocycles. The lowest BCUT2D eigenvalue weighted by molar-refractivity contribution is 0.777. The van der Waals surface area contributed by atoms with Crippen molar-refractivity contribution in [1.29, 1.82) is 0 Å². The van der Waals surface area contributed by atoms with E-state index in [0.717, 1.165) is 28.4 Å². The van der Waals surface area contributed by atoms with Crippen LogP contribution >= 0.6 is 22.9 Å². The Morgan fingerprint density at radius 1 is 1.31 bits per heavy atom. The Morgan fingerprint density at radius 2 is 2.06 bits per heavy atom. The zero-order chi connectivity index (χ0) is 11.3. The van der Waals surface area contributed by atoms with E-state index >= 15 is 0 Å². The molecule has 16 heavy (non-hydrogen) atoms. The fourth-order valence-electron chi connectivity index (χ4n) is 1.91. The molecule has 0 aromatic carbocycles. The van der Waals surface area contributed by atoms with E-state index in [1.807, 2.05) is 0 Å². The lowest BCUT2D eigenvalue weighted by Gasteiger charge is -2.00. The van der Waals surface area contributed by atoms with E-state index in [1.54, 1.807) is 11.3 Å². The fourth-order valence-corrected chi connectivity index (χ4v) is 3.35. The summed E-state index contributed by atoms with van der Waals surface area (Å²) < 4.78 is 0. The second-order valence-electron chi connectivity index (χ2n) is 4.54. The molecular weight excluding hydrogens is 240 g/mol. The third-order valence-electron chi connectivity index (χ3n) is 3.20. The van der Waals surface area contributed by atoms with E-state index in [-0.39, 0.29) is 0 Å². The molecule has 1 fully saturated rings. The molecule has 0 unspecified atom stereocenters. The van der Waals surface area contributed by atoms with Crippen molar-refractivity contribution in [3.8, 4) is 0 Å². The van der Waals surface area contributed by atoms with Gasteiger partial charge in [-0.15, -0.1) is 11.3 Å². The second-order valence-corrected chi connectivity index (χ2v) is 6.10. The van der Waals surface area contributed by atoms with Crippen molar-refractivity contribution >= 4 is 33.2 Å². The van der Waals surface area contributed by atoms with Crippen molar-refractivity contribution in [3.63, 3.8) is 0 Å². The van der Waals surface area contributed by atoms with E-state index in [9.17, 15) is 0 Å². The average Bonchev–Trinajstić information content (AvgIpc) is 2.95. The van der Waals surface area contributed by atoms with Gasteiger partial charge in [-0.3, -0.25) is 0 Å². The molecule has 4 heteroatoms. The van der Waals surface area contributed by atoms with Crippen LogP contribution in [0, 0.1) is 19.8 Å². The van der Waals surface area contributed by atoms with Crippen molar-refractivity contribution in [2.45, 2.75) is 33.1 Å². The van der Waals surface area contributed by atoms with E-state index < -0.39 is 0 Å². The molecule has 0 radical (unpaired) electrons. The first kappa shape index (κ1) is 10.5. The second kappa shape index (κ2) is 3.67. The minimum atomic E-state index is 0.627. The molecule has 0 spiro atoms.